The van der Waals surface area contributed by atoms with Gasteiger partial charge in [0.15, 0.2) is 5.75 Å². The smallest absolute Gasteiger partial charge is 0.338 e. The van der Waals surface area contributed by atoms with Gasteiger partial charge in [0.25, 0.3) is 0 Å². The van der Waals surface area contributed by atoms with Gasteiger partial charge >= 0.3 is 5.97 Å². The summed E-state index contributed by atoms with van der Waals surface area (Å²) in [7, 11) is 0. The van der Waals surface area contributed by atoms with E-state index in [0.717, 1.165) is 18.2 Å². The summed E-state index contributed by atoms with van der Waals surface area (Å²) in [5, 5.41) is 8.75. The third-order valence-corrected chi connectivity index (χ3v) is 2.70. The molecule has 2 aromatic rings. The maximum Gasteiger partial charge on any atom is 0.338 e. The number of anilines is 1. The van der Waals surface area contributed by atoms with Gasteiger partial charge in [0, 0.05) is 12.1 Å². The molecule has 0 bridgehead atoms. The lowest BCUT2D eigenvalue weighted by atomic mass is 10.1. The Morgan fingerprint density at radius 2 is 1.90 bits per heavy atom. The van der Waals surface area contributed by atoms with E-state index in [1.807, 2.05) is 0 Å². The molecule has 0 aliphatic heterocycles. The molecule has 0 radical (unpaired) electrons. The fourth-order valence-electron chi connectivity index (χ4n) is 1.59. The topological polar surface area (TPSA) is 72.5 Å². The molecule has 0 saturated heterocycles. The van der Waals surface area contributed by atoms with Crippen molar-refractivity contribution in [3.05, 3.63) is 53.1 Å². The lowest BCUT2D eigenvalue weighted by Crippen LogP contribution is -2.03. The maximum atomic E-state index is 13.5. The number of halogens is 2. The molecule has 2 aromatic carbocycles. The molecule has 104 valence electrons. The number of nitrogens with two attached hydrogens (primary N) is 1. The van der Waals surface area contributed by atoms with Gasteiger partial charge < -0.3 is 15.6 Å². The van der Waals surface area contributed by atoms with Crippen molar-refractivity contribution in [1.29, 1.82) is 0 Å². The number of benzene rings is 2. The number of aromatic carboxylic acids is 1. The van der Waals surface area contributed by atoms with Crippen LogP contribution in [0.2, 0.25) is 0 Å². The Morgan fingerprint density at radius 1 is 1.20 bits per heavy atom. The van der Waals surface area contributed by atoms with Gasteiger partial charge in [0.1, 0.15) is 17.4 Å². The fourth-order valence-corrected chi connectivity index (χ4v) is 1.59. The monoisotopic (exact) mass is 279 g/mol. The van der Waals surface area contributed by atoms with Crippen molar-refractivity contribution in [2.24, 2.45) is 0 Å². The molecule has 2 rings (SSSR count). The predicted molar refractivity (Wildman–Crippen MR) is 69.0 cm³/mol. The molecule has 6 heteroatoms. The SMILES string of the molecule is Cc1ccc(Oc2cc(F)c(C(=O)O)cc2N)cc1F. The summed E-state index contributed by atoms with van der Waals surface area (Å²) in [4.78, 5) is 10.7. The second-order valence-corrected chi connectivity index (χ2v) is 4.19. The standard InChI is InChI=1S/C14H11F2NO3/c1-7-2-3-8(4-10(7)15)20-13-6-11(16)9(14(18)19)5-12(13)17/h2-6H,17H2,1H3,(H,18,19). The van der Waals surface area contributed by atoms with Crippen molar-refractivity contribution in [2.45, 2.75) is 6.92 Å². The van der Waals surface area contributed by atoms with Crippen molar-refractivity contribution >= 4 is 11.7 Å². The van der Waals surface area contributed by atoms with E-state index in [1.54, 1.807) is 6.92 Å². The van der Waals surface area contributed by atoms with Crippen LogP contribution in [0, 0.1) is 18.6 Å². The Balaban J connectivity index is 2.36. The molecule has 0 aliphatic carbocycles. The molecular formula is C14H11F2NO3. The van der Waals surface area contributed by atoms with Crippen LogP contribution >= 0.6 is 0 Å². The van der Waals surface area contributed by atoms with Crippen molar-refractivity contribution in [3.63, 3.8) is 0 Å². The predicted octanol–water partition coefficient (Wildman–Crippen LogP) is 3.35. The van der Waals surface area contributed by atoms with E-state index in [9.17, 15) is 13.6 Å². The van der Waals surface area contributed by atoms with E-state index < -0.39 is 23.2 Å². The van der Waals surface area contributed by atoms with E-state index in [2.05, 4.69) is 0 Å². The molecule has 0 amide bonds. The molecule has 20 heavy (non-hydrogen) atoms. The normalized spacial score (nSPS) is 10.3. The number of hydrogen-bond acceptors (Lipinski definition) is 3. The molecule has 4 nitrogen and oxygen atoms in total. The van der Waals surface area contributed by atoms with Crippen LogP contribution in [0.4, 0.5) is 14.5 Å². The van der Waals surface area contributed by atoms with Gasteiger partial charge in [-0.3, -0.25) is 0 Å². The minimum Gasteiger partial charge on any atom is -0.478 e. The maximum absolute atomic E-state index is 13.5. The zero-order valence-electron chi connectivity index (χ0n) is 10.5. The Kier molecular flexibility index (Phi) is 3.56. The summed E-state index contributed by atoms with van der Waals surface area (Å²) >= 11 is 0. The molecule has 0 aromatic heterocycles. The van der Waals surface area contributed by atoms with Crippen LogP contribution in [0.25, 0.3) is 0 Å². The lowest BCUT2D eigenvalue weighted by molar-refractivity contribution is 0.0692. The summed E-state index contributed by atoms with van der Waals surface area (Å²) in [6.07, 6.45) is 0. The van der Waals surface area contributed by atoms with Crippen LogP contribution in [-0.4, -0.2) is 11.1 Å². The highest BCUT2D eigenvalue weighted by Crippen LogP contribution is 2.30. The van der Waals surface area contributed by atoms with Gasteiger partial charge in [-0.05, 0) is 24.6 Å². The lowest BCUT2D eigenvalue weighted by Gasteiger charge is -2.10. The zero-order valence-corrected chi connectivity index (χ0v) is 10.5. The largest absolute Gasteiger partial charge is 0.478 e. The molecule has 0 saturated carbocycles. The summed E-state index contributed by atoms with van der Waals surface area (Å²) in [5.74, 6) is -2.81. The summed E-state index contributed by atoms with van der Waals surface area (Å²) < 4.78 is 32.2. The summed E-state index contributed by atoms with van der Waals surface area (Å²) in [6.45, 7) is 1.59. The number of ether oxygens (including phenoxy) is 1. The Hall–Kier alpha value is -2.63. The van der Waals surface area contributed by atoms with Crippen LogP contribution in [0.1, 0.15) is 15.9 Å². The second kappa shape index (κ2) is 5.16. The molecule has 0 fully saturated rings. The molecular weight excluding hydrogens is 268 g/mol. The number of hydrogen-bond donors (Lipinski definition) is 2. The van der Waals surface area contributed by atoms with Crippen molar-refractivity contribution in [1.82, 2.24) is 0 Å². The highest BCUT2D eigenvalue weighted by Gasteiger charge is 2.15. The van der Waals surface area contributed by atoms with E-state index in [1.165, 1.54) is 12.1 Å². The van der Waals surface area contributed by atoms with Gasteiger partial charge in [0.05, 0.1) is 11.3 Å². The van der Waals surface area contributed by atoms with Crippen molar-refractivity contribution in [2.75, 3.05) is 5.73 Å². The quantitative estimate of drug-likeness (QED) is 0.845. The van der Waals surface area contributed by atoms with Crippen LogP contribution in [0.5, 0.6) is 11.5 Å². The first-order valence-corrected chi connectivity index (χ1v) is 5.65. The molecule has 3 N–H and O–H groups in total. The molecule has 0 spiro atoms. The molecule has 0 unspecified atom stereocenters. The highest BCUT2D eigenvalue weighted by molar-refractivity contribution is 5.89. The molecule has 0 aliphatic rings. The van der Waals surface area contributed by atoms with Crippen molar-refractivity contribution < 1.29 is 23.4 Å². The first kappa shape index (κ1) is 13.8. The highest BCUT2D eigenvalue weighted by atomic mass is 19.1. The fraction of sp³-hybridized carbons (Fsp3) is 0.0714. The number of aryl methyl sites for hydroxylation is 1. The Morgan fingerprint density at radius 3 is 2.50 bits per heavy atom. The van der Waals surface area contributed by atoms with Gasteiger partial charge in [-0.2, -0.15) is 0 Å². The number of rotatable bonds is 3. The van der Waals surface area contributed by atoms with Crippen LogP contribution in [-0.2, 0) is 0 Å². The van der Waals surface area contributed by atoms with Crippen LogP contribution < -0.4 is 10.5 Å². The number of nitrogen functional groups attached to an aromatic ring is 1. The average Bonchev–Trinajstić information content (AvgIpc) is 2.37. The first-order chi connectivity index (χ1) is 9.38. The van der Waals surface area contributed by atoms with Gasteiger partial charge in [-0.15, -0.1) is 0 Å². The average molecular weight is 279 g/mol. The van der Waals surface area contributed by atoms with Crippen LogP contribution in [0.15, 0.2) is 30.3 Å². The molecule has 0 heterocycles. The van der Waals surface area contributed by atoms with E-state index >= 15 is 0 Å². The summed E-state index contributed by atoms with van der Waals surface area (Å²) in [5.41, 5.74) is 5.44. The van der Waals surface area contributed by atoms with E-state index in [0.29, 0.717) is 5.56 Å². The van der Waals surface area contributed by atoms with E-state index in [-0.39, 0.29) is 17.2 Å². The third-order valence-electron chi connectivity index (χ3n) is 2.70. The van der Waals surface area contributed by atoms with Gasteiger partial charge in [-0.1, -0.05) is 6.07 Å². The third kappa shape index (κ3) is 2.69. The van der Waals surface area contributed by atoms with E-state index in [4.69, 9.17) is 15.6 Å². The van der Waals surface area contributed by atoms with Crippen LogP contribution in [0.3, 0.4) is 0 Å². The number of carbonyl (C=O) groups is 1. The Bertz CT molecular complexity index is 686. The van der Waals surface area contributed by atoms with Crippen molar-refractivity contribution in [3.8, 4) is 11.5 Å². The summed E-state index contributed by atoms with van der Waals surface area (Å²) in [6, 6.07) is 5.95. The number of carboxylic acid groups (broad SMARTS) is 1. The number of carboxylic acids is 1. The van der Waals surface area contributed by atoms with Gasteiger partial charge in [-0.25, -0.2) is 13.6 Å². The zero-order chi connectivity index (χ0) is 14.9. The first-order valence-electron chi connectivity index (χ1n) is 5.65. The Labute approximate surface area is 113 Å². The minimum atomic E-state index is -1.43. The minimum absolute atomic E-state index is 0.0511. The second-order valence-electron chi connectivity index (χ2n) is 4.19. The van der Waals surface area contributed by atoms with Gasteiger partial charge in [0.2, 0.25) is 0 Å². The molecule has 0 atom stereocenters.